The summed E-state index contributed by atoms with van der Waals surface area (Å²) < 4.78 is 0. The van der Waals surface area contributed by atoms with E-state index in [1.54, 1.807) is 6.20 Å². The van der Waals surface area contributed by atoms with Crippen LogP contribution in [0.2, 0.25) is 0 Å². The fourth-order valence-corrected chi connectivity index (χ4v) is 3.17. The van der Waals surface area contributed by atoms with E-state index in [9.17, 15) is 14.7 Å². The van der Waals surface area contributed by atoms with Gasteiger partial charge in [-0.25, -0.2) is 0 Å². The Morgan fingerprint density at radius 3 is 2.83 bits per heavy atom. The highest BCUT2D eigenvalue weighted by molar-refractivity contribution is 6.12. The van der Waals surface area contributed by atoms with E-state index in [1.807, 2.05) is 42.5 Å². The number of nitrogens with zero attached hydrogens (tertiary/aromatic N) is 1. The molecule has 1 saturated heterocycles. The van der Waals surface area contributed by atoms with Crippen LogP contribution in [0.25, 0.3) is 17.0 Å². The number of para-hydroxylation sites is 1. The normalized spacial score (nSPS) is 19.3. The van der Waals surface area contributed by atoms with Crippen molar-refractivity contribution in [2.75, 3.05) is 0 Å². The van der Waals surface area contributed by atoms with Crippen LogP contribution in [0.4, 0.5) is 0 Å². The van der Waals surface area contributed by atoms with E-state index in [1.165, 1.54) is 0 Å². The number of fused-ring (bicyclic) bond motifs is 2. The van der Waals surface area contributed by atoms with Crippen LogP contribution in [-0.4, -0.2) is 21.9 Å². The number of aliphatic hydroxyl groups is 1. The second kappa shape index (κ2) is 5.45. The third-order valence-electron chi connectivity index (χ3n) is 4.20. The predicted octanol–water partition coefficient (Wildman–Crippen LogP) is 2.81. The molecule has 2 aliphatic rings. The summed E-state index contributed by atoms with van der Waals surface area (Å²) in [7, 11) is 0. The highest BCUT2D eigenvalue weighted by atomic mass is 16.3. The van der Waals surface area contributed by atoms with Gasteiger partial charge in [0.25, 0.3) is 5.91 Å². The molecule has 2 heterocycles. The number of carbonyl (C=O) groups excluding carboxylic acids is 2. The molecule has 1 aliphatic carbocycles. The third kappa shape index (κ3) is 2.40. The molecule has 5 nitrogen and oxygen atoms in total. The largest absolute Gasteiger partial charge is 0.511 e. The van der Waals surface area contributed by atoms with Crippen LogP contribution >= 0.6 is 0 Å². The number of aromatic nitrogens is 1. The van der Waals surface area contributed by atoms with Gasteiger partial charge in [-0.2, -0.15) is 0 Å². The Morgan fingerprint density at radius 2 is 1.96 bits per heavy atom. The van der Waals surface area contributed by atoms with Gasteiger partial charge in [-0.15, -0.1) is 0 Å². The van der Waals surface area contributed by atoms with Crippen LogP contribution in [-0.2, 0) is 9.59 Å². The first-order valence-electron chi connectivity index (χ1n) is 7.63. The maximum absolute atomic E-state index is 11.9. The van der Waals surface area contributed by atoms with E-state index in [0.29, 0.717) is 5.57 Å². The van der Waals surface area contributed by atoms with Gasteiger partial charge in [0.15, 0.2) is 0 Å². The number of allylic oxidation sites excluding steroid dienone is 2. The lowest BCUT2D eigenvalue weighted by molar-refractivity contribution is -0.129. The number of imide groups is 1. The van der Waals surface area contributed by atoms with Gasteiger partial charge >= 0.3 is 0 Å². The third-order valence-corrected chi connectivity index (χ3v) is 4.20. The Balaban J connectivity index is 1.79. The smallest absolute Gasteiger partial charge is 0.261 e. The number of nitrogens with one attached hydrogen (secondary N) is 1. The standard InChI is InChI=1S/C19H14N2O3/c22-16-9-11(8-13-10-17(23)21-19(24)18(13)16)7-12-5-6-20-15-4-2-1-3-14(12)15/h1-8,22H,9-10H2,(H,21,23,24). The topological polar surface area (TPSA) is 79.3 Å². The maximum atomic E-state index is 11.9. The highest BCUT2D eigenvalue weighted by Crippen LogP contribution is 2.33. The lowest BCUT2D eigenvalue weighted by Crippen LogP contribution is -2.38. The highest BCUT2D eigenvalue weighted by Gasteiger charge is 2.31. The predicted molar refractivity (Wildman–Crippen MR) is 89.8 cm³/mol. The van der Waals surface area contributed by atoms with Gasteiger partial charge in [0, 0.05) is 18.0 Å². The van der Waals surface area contributed by atoms with Crippen molar-refractivity contribution in [3.8, 4) is 0 Å². The Hall–Kier alpha value is -3.21. The number of rotatable bonds is 1. The number of aliphatic hydroxyl groups excluding tert-OH is 1. The molecule has 2 amide bonds. The zero-order valence-electron chi connectivity index (χ0n) is 12.7. The van der Waals surface area contributed by atoms with Gasteiger partial charge in [0.1, 0.15) is 5.76 Å². The Bertz CT molecular complexity index is 978. The molecule has 0 radical (unpaired) electrons. The summed E-state index contributed by atoms with van der Waals surface area (Å²) in [4.78, 5) is 27.8. The Kier molecular flexibility index (Phi) is 3.27. The van der Waals surface area contributed by atoms with Crippen molar-refractivity contribution < 1.29 is 14.7 Å². The van der Waals surface area contributed by atoms with E-state index in [2.05, 4.69) is 10.3 Å². The van der Waals surface area contributed by atoms with Crippen LogP contribution in [0, 0.1) is 0 Å². The summed E-state index contributed by atoms with van der Waals surface area (Å²) in [6.07, 6.45) is 5.88. The molecule has 24 heavy (non-hydrogen) atoms. The minimum atomic E-state index is -0.525. The van der Waals surface area contributed by atoms with E-state index in [4.69, 9.17) is 0 Å². The molecule has 0 saturated carbocycles. The zero-order chi connectivity index (χ0) is 16.7. The monoisotopic (exact) mass is 318 g/mol. The van der Waals surface area contributed by atoms with Crippen LogP contribution in [0.5, 0.6) is 0 Å². The summed E-state index contributed by atoms with van der Waals surface area (Å²) in [6, 6.07) is 9.72. The first kappa shape index (κ1) is 14.4. The van der Waals surface area contributed by atoms with Crippen LogP contribution in [0.1, 0.15) is 18.4 Å². The molecule has 5 heteroatoms. The SMILES string of the molecule is O=C1CC2=CC(=Cc3ccnc4ccccc34)CC(O)=C2C(=O)N1. The number of hydrogen-bond donors (Lipinski definition) is 2. The summed E-state index contributed by atoms with van der Waals surface area (Å²) >= 11 is 0. The van der Waals surface area contributed by atoms with Crippen molar-refractivity contribution in [2.45, 2.75) is 12.8 Å². The summed E-state index contributed by atoms with van der Waals surface area (Å²) in [5.74, 6) is -0.871. The second-order valence-electron chi connectivity index (χ2n) is 5.86. The molecule has 0 unspecified atom stereocenters. The maximum Gasteiger partial charge on any atom is 0.261 e. The van der Waals surface area contributed by atoms with Crippen molar-refractivity contribution in [1.29, 1.82) is 0 Å². The van der Waals surface area contributed by atoms with E-state index in [0.717, 1.165) is 22.0 Å². The molecule has 1 aromatic carbocycles. The molecular formula is C19H14N2O3. The molecule has 0 atom stereocenters. The fourth-order valence-electron chi connectivity index (χ4n) is 3.17. The van der Waals surface area contributed by atoms with Crippen molar-refractivity contribution in [3.63, 3.8) is 0 Å². The second-order valence-corrected chi connectivity index (χ2v) is 5.86. The molecule has 0 bridgehead atoms. The molecule has 1 aliphatic heterocycles. The average Bonchev–Trinajstić information content (AvgIpc) is 2.54. The van der Waals surface area contributed by atoms with E-state index in [-0.39, 0.29) is 30.1 Å². The van der Waals surface area contributed by atoms with Gasteiger partial charge in [-0.05, 0) is 28.8 Å². The van der Waals surface area contributed by atoms with Gasteiger partial charge in [0.05, 0.1) is 17.5 Å². The first-order chi connectivity index (χ1) is 11.6. The number of hydrogen-bond acceptors (Lipinski definition) is 4. The summed E-state index contributed by atoms with van der Waals surface area (Å²) in [5, 5.41) is 13.5. The van der Waals surface area contributed by atoms with Gasteiger partial charge < -0.3 is 5.11 Å². The molecule has 0 spiro atoms. The first-order valence-corrected chi connectivity index (χ1v) is 7.63. The number of benzene rings is 1. The van der Waals surface area contributed by atoms with Gasteiger partial charge in [0.2, 0.25) is 5.91 Å². The molecule has 1 fully saturated rings. The number of piperidine rings is 1. The van der Waals surface area contributed by atoms with Crippen LogP contribution < -0.4 is 5.32 Å². The quantitative estimate of drug-likeness (QED) is 0.793. The molecular weight excluding hydrogens is 304 g/mol. The minimum Gasteiger partial charge on any atom is -0.511 e. The molecule has 4 rings (SSSR count). The van der Waals surface area contributed by atoms with Gasteiger partial charge in [-0.3, -0.25) is 19.9 Å². The fraction of sp³-hybridized carbons (Fsp3) is 0.105. The van der Waals surface area contributed by atoms with E-state index < -0.39 is 5.91 Å². The van der Waals surface area contributed by atoms with Crippen molar-refractivity contribution in [2.24, 2.45) is 0 Å². The Morgan fingerprint density at radius 1 is 1.12 bits per heavy atom. The number of pyridine rings is 1. The van der Waals surface area contributed by atoms with Crippen molar-refractivity contribution >= 4 is 28.8 Å². The summed E-state index contributed by atoms with van der Waals surface area (Å²) in [6.45, 7) is 0. The zero-order valence-corrected chi connectivity index (χ0v) is 12.7. The van der Waals surface area contributed by atoms with Crippen LogP contribution in [0.3, 0.4) is 0 Å². The minimum absolute atomic E-state index is 0.00196. The molecule has 2 aromatic rings. The van der Waals surface area contributed by atoms with Crippen molar-refractivity contribution in [1.82, 2.24) is 10.3 Å². The Labute approximate surface area is 138 Å². The van der Waals surface area contributed by atoms with E-state index >= 15 is 0 Å². The number of amides is 2. The van der Waals surface area contributed by atoms with Gasteiger partial charge in [-0.1, -0.05) is 30.4 Å². The average molecular weight is 318 g/mol. The lowest BCUT2D eigenvalue weighted by atomic mass is 9.87. The van der Waals surface area contributed by atoms with Crippen LogP contribution in [0.15, 0.2) is 65.1 Å². The molecule has 2 N–H and O–H groups in total. The lowest BCUT2D eigenvalue weighted by Gasteiger charge is -2.23. The molecule has 1 aromatic heterocycles. The number of carbonyl (C=O) groups is 2. The molecule has 118 valence electrons. The van der Waals surface area contributed by atoms with Crippen molar-refractivity contribution in [3.05, 3.63) is 70.6 Å². The summed E-state index contributed by atoms with van der Waals surface area (Å²) in [5.41, 5.74) is 3.52.